The highest BCUT2D eigenvalue weighted by atomic mass is 16.1. The molecule has 4 heteroatoms. The zero-order valence-corrected chi connectivity index (χ0v) is 10.5. The van der Waals surface area contributed by atoms with E-state index < -0.39 is 0 Å². The van der Waals surface area contributed by atoms with Gasteiger partial charge >= 0.3 is 0 Å². The summed E-state index contributed by atoms with van der Waals surface area (Å²) in [6.45, 7) is 1.56. The van der Waals surface area contributed by atoms with Crippen LogP contribution in [0, 0.1) is 0 Å². The number of carbonyl (C=O) groups is 1. The van der Waals surface area contributed by atoms with Crippen LogP contribution < -0.4 is 5.73 Å². The van der Waals surface area contributed by atoms with E-state index in [1.54, 1.807) is 13.1 Å². The second-order valence-corrected chi connectivity index (χ2v) is 4.48. The second-order valence-electron chi connectivity index (χ2n) is 4.48. The molecule has 0 amide bonds. The first-order valence-electron chi connectivity index (χ1n) is 6.00. The zero-order valence-electron chi connectivity index (χ0n) is 10.5. The molecule has 0 unspecified atom stereocenters. The largest absolute Gasteiger partial charge is 0.399 e. The molecule has 0 bridgehead atoms. The van der Waals surface area contributed by atoms with Gasteiger partial charge in [-0.15, -0.1) is 0 Å². The third kappa shape index (κ3) is 1.97. The lowest BCUT2D eigenvalue weighted by Crippen LogP contribution is -1.98. The maximum atomic E-state index is 11.3. The van der Waals surface area contributed by atoms with Gasteiger partial charge in [-0.05, 0) is 49.4 Å². The Morgan fingerprint density at radius 2 is 1.89 bits per heavy atom. The number of nitrogens with two attached hydrogens (primary N) is 1. The Balaban J connectivity index is 2.11. The first-order valence-corrected chi connectivity index (χ1v) is 6.00. The van der Waals surface area contributed by atoms with Gasteiger partial charge in [0.1, 0.15) is 0 Å². The number of rotatable bonds is 2. The third-order valence-corrected chi connectivity index (χ3v) is 3.11. The van der Waals surface area contributed by atoms with Crippen LogP contribution in [0.2, 0.25) is 0 Å². The molecule has 0 aliphatic carbocycles. The highest BCUT2D eigenvalue weighted by Crippen LogP contribution is 2.20. The Morgan fingerprint density at radius 3 is 2.58 bits per heavy atom. The Morgan fingerprint density at radius 1 is 1.16 bits per heavy atom. The normalized spacial score (nSPS) is 10.8. The van der Waals surface area contributed by atoms with Crippen LogP contribution in [0.4, 0.5) is 5.69 Å². The quantitative estimate of drug-likeness (QED) is 0.562. The molecule has 0 saturated carbocycles. The van der Waals surface area contributed by atoms with Crippen LogP contribution in [0.3, 0.4) is 0 Å². The average molecular weight is 251 g/mol. The molecule has 3 aromatic rings. The van der Waals surface area contributed by atoms with Crippen molar-refractivity contribution in [1.29, 1.82) is 0 Å². The molecule has 94 valence electrons. The number of hydrogen-bond acceptors (Lipinski definition) is 3. The topological polar surface area (TPSA) is 60.9 Å². The first kappa shape index (κ1) is 11.5. The number of nitrogens with zero attached hydrogens (tertiary/aromatic N) is 2. The number of carbonyl (C=O) groups excluding carboxylic acids is 1. The average Bonchev–Trinajstić information content (AvgIpc) is 2.81. The van der Waals surface area contributed by atoms with Gasteiger partial charge in [0.15, 0.2) is 5.78 Å². The summed E-state index contributed by atoms with van der Waals surface area (Å²) in [5.41, 5.74) is 9.08. The van der Waals surface area contributed by atoms with Gasteiger partial charge in [0, 0.05) is 16.6 Å². The molecule has 0 fully saturated rings. The molecule has 0 spiro atoms. The van der Waals surface area contributed by atoms with Crippen molar-refractivity contribution >= 4 is 22.4 Å². The van der Waals surface area contributed by atoms with Gasteiger partial charge in [-0.25, -0.2) is 4.68 Å². The van der Waals surface area contributed by atoms with Crippen LogP contribution in [-0.2, 0) is 0 Å². The monoisotopic (exact) mass is 251 g/mol. The van der Waals surface area contributed by atoms with E-state index in [1.807, 2.05) is 47.1 Å². The number of aromatic nitrogens is 2. The summed E-state index contributed by atoms with van der Waals surface area (Å²) >= 11 is 0. The Labute approximate surface area is 110 Å². The summed E-state index contributed by atoms with van der Waals surface area (Å²) in [7, 11) is 0. The summed E-state index contributed by atoms with van der Waals surface area (Å²) in [6.07, 6.45) is 1.78. The van der Waals surface area contributed by atoms with Crippen LogP contribution in [0.15, 0.2) is 48.7 Å². The maximum absolute atomic E-state index is 11.3. The highest BCUT2D eigenvalue weighted by molar-refractivity contribution is 5.94. The molecule has 2 N–H and O–H groups in total. The van der Waals surface area contributed by atoms with Gasteiger partial charge in [0.2, 0.25) is 0 Å². The van der Waals surface area contributed by atoms with Crippen molar-refractivity contribution in [3.63, 3.8) is 0 Å². The van der Waals surface area contributed by atoms with Crippen LogP contribution >= 0.6 is 0 Å². The Kier molecular flexibility index (Phi) is 2.56. The number of hydrogen-bond donors (Lipinski definition) is 1. The summed E-state index contributed by atoms with van der Waals surface area (Å²) < 4.78 is 1.83. The molecule has 0 atom stereocenters. The molecule has 2 aromatic carbocycles. The van der Waals surface area contributed by atoms with E-state index in [1.165, 1.54) is 0 Å². The fraction of sp³-hybridized carbons (Fsp3) is 0.0667. The number of benzene rings is 2. The maximum Gasteiger partial charge on any atom is 0.159 e. The zero-order chi connectivity index (χ0) is 13.4. The fourth-order valence-electron chi connectivity index (χ4n) is 2.09. The fourth-order valence-corrected chi connectivity index (χ4v) is 2.09. The molecular weight excluding hydrogens is 238 g/mol. The highest BCUT2D eigenvalue weighted by Gasteiger charge is 2.06. The van der Waals surface area contributed by atoms with Gasteiger partial charge in [0.05, 0.1) is 17.4 Å². The van der Waals surface area contributed by atoms with Crippen LogP contribution in [0.25, 0.3) is 16.6 Å². The van der Waals surface area contributed by atoms with Crippen molar-refractivity contribution in [3.05, 3.63) is 54.2 Å². The van der Waals surface area contributed by atoms with Gasteiger partial charge < -0.3 is 5.73 Å². The van der Waals surface area contributed by atoms with Crippen LogP contribution in [0.1, 0.15) is 17.3 Å². The van der Waals surface area contributed by atoms with E-state index in [9.17, 15) is 4.79 Å². The number of ketones is 1. The van der Waals surface area contributed by atoms with E-state index in [0.29, 0.717) is 5.56 Å². The lowest BCUT2D eigenvalue weighted by atomic mass is 10.1. The molecule has 4 nitrogen and oxygen atoms in total. The van der Waals surface area contributed by atoms with Crippen LogP contribution in [0.5, 0.6) is 0 Å². The van der Waals surface area contributed by atoms with E-state index in [0.717, 1.165) is 22.3 Å². The Bertz CT molecular complexity index is 757. The van der Waals surface area contributed by atoms with E-state index >= 15 is 0 Å². The van der Waals surface area contributed by atoms with Crippen molar-refractivity contribution in [2.45, 2.75) is 6.92 Å². The molecule has 1 heterocycles. The van der Waals surface area contributed by atoms with Crippen molar-refractivity contribution < 1.29 is 4.79 Å². The number of nitrogen functional groups attached to an aromatic ring is 1. The summed E-state index contributed by atoms with van der Waals surface area (Å²) in [5.74, 6) is 0.0599. The van der Waals surface area contributed by atoms with Gasteiger partial charge in [-0.1, -0.05) is 0 Å². The molecular formula is C15H13N3O. The third-order valence-electron chi connectivity index (χ3n) is 3.11. The second kappa shape index (κ2) is 4.24. The predicted octanol–water partition coefficient (Wildman–Crippen LogP) is 2.81. The minimum absolute atomic E-state index is 0.0599. The molecule has 1 aromatic heterocycles. The van der Waals surface area contributed by atoms with Crippen molar-refractivity contribution in [2.75, 3.05) is 5.73 Å². The molecule has 19 heavy (non-hydrogen) atoms. The van der Waals surface area contributed by atoms with Gasteiger partial charge in [-0.3, -0.25) is 4.79 Å². The standard InChI is InChI=1S/C15H13N3O/c1-10(19)11-2-5-14(6-3-11)18-15-7-4-13(16)8-12(15)9-17-18/h2-9H,16H2,1H3. The molecule has 0 radical (unpaired) electrons. The van der Waals surface area contributed by atoms with E-state index in [-0.39, 0.29) is 5.78 Å². The molecule has 0 aliphatic heterocycles. The number of Topliss-reactive ketones (excluding diaryl/α,β-unsaturated/α-hetero) is 1. The smallest absolute Gasteiger partial charge is 0.159 e. The molecule has 3 rings (SSSR count). The summed E-state index contributed by atoms with van der Waals surface area (Å²) in [4.78, 5) is 11.3. The van der Waals surface area contributed by atoms with Crippen molar-refractivity contribution in [3.8, 4) is 5.69 Å². The minimum Gasteiger partial charge on any atom is -0.399 e. The Hall–Kier alpha value is -2.62. The van der Waals surface area contributed by atoms with Crippen molar-refractivity contribution in [2.24, 2.45) is 0 Å². The summed E-state index contributed by atoms with van der Waals surface area (Å²) in [6, 6.07) is 13.1. The molecule has 0 saturated heterocycles. The first-order chi connectivity index (χ1) is 9.15. The van der Waals surface area contributed by atoms with E-state index in [4.69, 9.17) is 5.73 Å². The van der Waals surface area contributed by atoms with Crippen molar-refractivity contribution in [1.82, 2.24) is 9.78 Å². The minimum atomic E-state index is 0.0599. The molecule has 0 aliphatic rings. The SMILES string of the molecule is CC(=O)c1ccc(-n2ncc3cc(N)ccc32)cc1. The van der Waals surface area contributed by atoms with Gasteiger partial charge in [0.25, 0.3) is 0 Å². The van der Waals surface area contributed by atoms with E-state index in [2.05, 4.69) is 5.10 Å². The lowest BCUT2D eigenvalue weighted by molar-refractivity contribution is 0.101. The van der Waals surface area contributed by atoms with Gasteiger partial charge in [-0.2, -0.15) is 5.10 Å². The summed E-state index contributed by atoms with van der Waals surface area (Å²) in [5, 5.41) is 5.35. The van der Waals surface area contributed by atoms with Crippen LogP contribution in [-0.4, -0.2) is 15.6 Å². The predicted molar refractivity (Wildman–Crippen MR) is 75.5 cm³/mol. The lowest BCUT2D eigenvalue weighted by Gasteiger charge is -2.04. The number of anilines is 1. The number of fused-ring (bicyclic) bond motifs is 1.